The highest BCUT2D eigenvalue weighted by Gasteiger charge is 2.23. The SMILES string of the molecule is FC1C=CC(C(CN2CCN(c3ccccc3)CC2)NCc2ccccn2)=CC1. The number of benzene rings is 1. The molecular weight excluding hydrogens is 363 g/mol. The topological polar surface area (TPSA) is 31.4 Å². The zero-order valence-corrected chi connectivity index (χ0v) is 16.8. The molecule has 5 heteroatoms. The van der Waals surface area contributed by atoms with Crippen LogP contribution < -0.4 is 10.2 Å². The third kappa shape index (κ3) is 5.52. The van der Waals surface area contributed by atoms with Crippen LogP contribution >= 0.6 is 0 Å². The van der Waals surface area contributed by atoms with E-state index in [0.29, 0.717) is 13.0 Å². The van der Waals surface area contributed by atoms with E-state index >= 15 is 0 Å². The Kier molecular flexibility index (Phi) is 6.70. The van der Waals surface area contributed by atoms with Crippen LogP contribution in [0.25, 0.3) is 0 Å². The van der Waals surface area contributed by atoms with E-state index in [4.69, 9.17) is 0 Å². The van der Waals surface area contributed by atoms with Gasteiger partial charge in [0.25, 0.3) is 0 Å². The average molecular weight is 393 g/mol. The molecule has 29 heavy (non-hydrogen) atoms. The van der Waals surface area contributed by atoms with Crippen molar-refractivity contribution in [3.63, 3.8) is 0 Å². The summed E-state index contributed by atoms with van der Waals surface area (Å²) in [5, 5.41) is 3.65. The monoisotopic (exact) mass is 392 g/mol. The van der Waals surface area contributed by atoms with Gasteiger partial charge in [0, 0.05) is 63.6 Å². The normalized spacial score (nSPS) is 21.1. The summed E-state index contributed by atoms with van der Waals surface area (Å²) >= 11 is 0. The number of hydrogen-bond acceptors (Lipinski definition) is 4. The lowest BCUT2D eigenvalue weighted by Gasteiger charge is -2.38. The standard InChI is InChI=1S/C24H29FN4/c25-21-11-9-20(10-12-21)24(27-18-22-6-4-5-13-26-22)19-28-14-16-29(17-15-28)23-7-2-1-3-8-23/h1-11,13,21,24,27H,12,14-19H2. The molecule has 1 aliphatic carbocycles. The molecule has 2 aliphatic rings. The number of piperazine rings is 1. The van der Waals surface area contributed by atoms with Crippen molar-refractivity contribution < 1.29 is 4.39 Å². The molecule has 2 heterocycles. The fourth-order valence-electron chi connectivity index (χ4n) is 3.97. The summed E-state index contributed by atoms with van der Waals surface area (Å²) in [6, 6.07) is 16.8. The second kappa shape index (κ2) is 9.81. The first-order valence-electron chi connectivity index (χ1n) is 10.5. The minimum atomic E-state index is -0.857. The van der Waals surface area contributed by atoms with Gasteiger partial charge < -0.3 is 10.2 Å². The molecule has 152 valence electrons. The van der Waals surface area contributed by atoms with E-state index in [-0.39, 0.29) is 6.04 Å². The number of pyridine rings is 1. The zero-order chi connectivity index (χ0) is 19.9. The van der Waals surface area contributed by atoms with E-state index in [2.05, 4.69) is 50.4 Å². The highest BCUT2D eigenvalue weighted by atomic mass is 19.1. The lowest BCUT2D eigenvalue weighted by molar-refractivity contribution is 0.238. The first-order valence-corrected chi connectivity index (χ1v) is 10.5. The van der Waals surface area contributed by atoms with E-state index < -0.39 is 6.17 Å². The number of alkyl halides is 1. The first-order chi connectivity index (χ1) is 14.3. The average Bonchev–Trinajstić information content (AvgIpc) is 2.79. The molecule has 0 spiro atoms. The number of para-hydroxylation sites is 1. The molecule has 1 aromatic carbocycles. The van der Waals surface area contributed by atoms with Crippen molar-refractivity contribution in [2.75, 3.05) is 37.6 Å². The van der Waals surface area contributed by atoms with Crippen molar-refractivity contribution in [3.05, 3.63) is 84.2 Å². The van der Waals surface area contributed by atoms with Crippen molar-refractivity contribution in [2.45, 2.75) is 25.2 Å². The molecule has 1 N–H and O–H groups in total. The molecule has 4 rings (SSSR count). The van der Waals surface area contributed by atoms with Gasteiger partial charge in [0.15, 0.2) is 0 Å². The fourth-order valence-corrected chi connectivity index (χ4v) is 3.97. The van der Waals surface area contributed by atoms with Crippen LogP contribution in [0.5, 0.6) is 0 Å². The molecular formula is C24H29FN4. The number of anilines is 1. The molecule has 0 bridgehead atoms. The molecule has 0 saturated carbocycles. The predicted octanol–water partition coefficient (Wildman–Crippen LogP) is 3.59. The second-order valence-electron chi connectivity index (χ2n) is 7.69. The van der Waals surface area contributed by atoms with E-state index in [1.807, 2.05) is 36.5 Å². The maximum atomic E-state index is 13.6. The molecule has 4 nitrogen and oxygen atoms in total. The first kappa shape index (κ1) is 19.8. The van der Waals surface area contributed by atoms with Crippen LogP contribution in [0.4, 0.5) is 10.1 Å². The van der Waals surface area contributed by atoms with Gasteiger partial charge in [0.2, 0.25) is 0 Å². The molecule has 0 radical (unpaired) electrons. The maximum Gasteiger partial charge on any atom is 0.122 e. The van der Waals surface area contributed by atoms with Crippen molar-refractivity contribution in [3.8, 4) is 0 Å². The van der Waals surface area contributed by atoms with Crippen LogP contribution in [0.15, 0.2) is 78.5 Å². The van der Waals surface area contributed by atoms with Crippen molar-refractivity contribution >= 4 is 5.69 Å². The number of rotatable bonds is 7. The summed E-state index contributed by atoms with van der Waals surface area (Å²) in [4.78, 5) is 9.37. The van der Waals surface area contributed by atoms with E-state index in [0.717, 1.165) is 38.4 Å². The molecule has 0 amide bonds. The van der Waals surface area contributed by atoms with Gasteiger partial charge in [-0.05, 0) is 29.8 Å². The Bertz CT molecular complexity index is 813. The Morgan fingerprint density at radius 1 is 1.03 bits per heavy atom. The summed E-state index contributed by atoms with van der Waals surface area (Å²) in [6.45, 7) is 5.73. The van der Waals surface area contributed by atoms with Gasteiger partial charge in [-0.15, -0.1) is 0 Å². The number of aromatic nitrogens is 1. The number of nitrogens with zero attached hydrogens (tertiary/aromatic N) is 3. The van der Waals surface area contributed by atoms with Crippen LogP contribution in [0, 0.1) is 0 Å². The van der Waals surface area contributed by atoms with E-state index in [9.17, 15) is 4.39 Å². The molecule has 1 saturated heterocycles. The number of nitrogens with one attached hydrogen (secondary N) is 1. The Labute approximate surface area is 172 Å². The Morgan fingerprint density at radius 3 is 2.52 bits per heavy atom. The number of allylic oxidation sites excluding steroid dienone is 2. The van der Waals surface area contributed by atoms with Crippen LogP contribution in [0.2, 0.25) is 0 Å². The summed E-state index contributed by atoms with van der Waals surface area (Å²) < 4.78 is 13.6. The highest BCUT2D eigenvalue weighted by Crippen LogP contribution is 2.19. The van der Waals surface area contributed by atoms with Gasteiger partial charge in [-0.1, -0.05) is 42.5 Å². The van der Waals surface area contributed by atoms with Crippen LogP contribution in [-0.4, -0.2) is 54.8 Å². The Hall–Kier alpha value is -2.50. The third-order valence-corrected chi connectivity index (χ3v) is 5.67. The van der Waals surface area contributed by atoms with Crippen LogP contribution in [-0.2, 0) is 6.54 Å². The van der Waals surface area contributed by atoms with Crippen LogP contribution in [0.3, 0.4) is 0 Å². The molecule has 2 aromatic rings. The smallest absolute Gasteiger partial charge is 0.122 e. The lowest BCUT2D eigenvalue weighted by Crippen LogP contribution is -2.51. The van der Waals surface area contributed by atoms with Gasteiger partial charge in [0.1, 0.15) is 6.17 Å². The maximum absolute atomic E-state index is 13.6. The fraction of sp³-hybridized carbons (Fsp3) is 0.375. The van der Waals surface area contributed by atoms with Crippen molar-refractivity contribution in [2.24, 2.45) is 0 Å². The summed E-state index contributed by atoms with van der Waals surface area (Å²) in [6.07, 6.45) is 7.10. The summed E-state index contributed by atoms with van der Waals surface area (Å²) in [7, 11) is 0. The van der Waals surface area contributed by atoms with Gasteiger partial charge >= 0.3 is 0 Å². The van der Waals surface area contributed by atoms with E-state index in [1.54, 1.807) is 6.08 Å². The van der Waals surface area contributed by atoms with Gasteiger partial charge in [0.05, 0.1) is 5.69 Å². The quantitative estimate of drug-likeness (QED) is 0.780. The highest BCUT2D eigenvalue weighted by molar-refractivity contribution is 5.46. The number of hydrogen-bond donors (Lipinski definition) is 1. The molecule has 1 aliphatic heterocycles. The largest absolute Gasteiger partial charge is 0.369 e. The number of halogens is 1. The van der Waals surface area contributed by atoms with Crippen molar-refractivity contribution in [1.82, 2.24) is 15.2 Å². The lowest BCUT2D eigenvalue weighted by atomic mass is 9.98. The van der Waals surface area contributed by atoms with Crippen molar-refractivity contribution in [1.29, 1.82) is 0 Å². The summed E-state index contributed by atoms with van der Waals surface area (Å²) in [5.74, 6) is 0. The third-order valence-electron chi connectivity index (χ3n) is 5.67. The zero-order valence-electron chi connectivity index (χ0n) is 16.8. The molecule has 1 fully saturated rings. The van der Waals surface area contributed by atoms with Gasteiger partial charge in [-0.25, -0.2) is 4.39 Å². The molecule has 2 atom stereocenters. The minimum absolute atomic E-state index is 0.170. The molecule has 2 unspecified atom stereocenters. The Balaban J connectivity index is 1.37. The summed E-state index contributed by atoms with van der Waals surface area (Å²) in [5.41, 5.74) is 3.50. The Morgan fingerprint density at radius 2 is 1.83 bits per heavy atom. The molecule has 1 aromatic heterocycles. The minimum Gasteiger partial charge on any atom is -0.369 e. The van der Waals surface area contributed by atoms with Crippen LogP contribution in [0.1, 0.15) is 12.1 Å². The second-order valence-corrected chi connectivity index (χ2v) is 7.69. The van der Waals surface area contributed by atoms with Gasteiger partial charge in [-0.2, -0.15) is 0 Å². The predicted molar refractivity (Wildman–Crippen MR) is 117 cm³/mol. The van der Waals surface area contributed by atoms with Gasteiger partial charge in [-0.3, -0.25) is 9.88 Å². The van der Waals surface area contributed by atoms with E-state index in [1.165, 1.54) is 11.3 Å².